The second-order valence-electron chi connectivity index (χ2n) is 3.73. The summed E-state index contributed by atoms with van der Waals surface area (Å²) >= 11 is 0. The number of hydrogen-bond acceptors (Lipinski definition) is 2. The second-order valence-corrected chi connectivity index (χ2v) is 3.73. The van der Waals surface area contributed by atoms with Gasteiger partial charge in [-0.3, -0.25) is 0 Å². The Bertz CT molecular complexity index is 242. The molecule has 0 aromatic carbocycles. The summed E-state index contributed by atoms with van der Waals surface area (Å²) in [6.45, 7) is 1.07. The summed E-state index contributed by atoms with van der Waals surface area (Å²) in [5.41, 5.74) is 0. The fourth-order valence-corrected chi connectivity index (χ4v) is 1.65. The minimum Gasteiger partial charge on any atom is -0.370 e. The van der Waals surface area contributed by atoms with Crippen LogP contribution in [0.25, 0.3) is 0 Å². The minimum atomic E-state index is 0.983. The van der Waals surface area contributed by atoms with Gasteiger partial charge in [0.05, 0.1) is 0 Å². The Hall–Kier alpha value is -1.05. The Morgan fingerprint density at radius 1 is 1.38 bits per heavy atom. The van der Waals surface area contributed by atoms with E-state index < -0.39 is 0 Å². The molecule has 0 bridgehead atoms. The molecule has 70 valence electrons. The maximum Gasteiger partial charge on any atom is 0.125 e. The summed E-state index contributed by atoms with van der Waals surface area (Å²) in [4.78, 5) is 4.21. The summed E-state index contributed by atoms with van der Waals surface area (Å²) in [7, 11) is 0. The molecule has 0 saturated heterocycles. The Kier molecular flexibility index (Phi) is 2.80. The molecule has 0 unspecified atom stereocenters. The molecular formula is C11H16N2. The predicted octanol–water partition coefficient (Wildman–Crippen LogP) is 2.68. The third-order valence-corrected chi connectivity index (χ3v) is 2.75. The van der Waals surface area contributed by atoms with Gasteiger partial charge in [0, 0.05) is 12.7 Å². The second kappa shape index (κ2) is 4.26. The number of anilines is 1. The summed E-state index contributed by atoms with van der Waals surface area (Å²) in [5.74, 6) is 1.98. The first-order chi connectivity index (χ1) is 6.45. The van der Waals surface area contributed by atoms with Crippen LogP contribution in [0, 0.1) is 5.92 Å². The third kappa shape index (κ3) is 2.44. The van der Waals surface area contributed by atoms with E-state index in [9.17, 15) is 0 Å². The van der Waals surface area contributed by atoms with Crippen LogP contribution in [0.3, 0.4) is 0 Å². The van der Waals surface area contributed by atoms with Gasteiger partial charge in [-0.05, 0) is 24.5 Å². The lowest BCUT2D eigenvalue weighted by Gasteiger charge is -2.25. The average Bonchev–Trinajstić information content (AvgIpc) is 2.11. The number of pyridine rings is 1. The SMILES string of the molecule is c1ccc(NCCC2CCC2)nc1. The molecule has 2 heteroatoms. The summed E-state index contributed by atoms with van der Waals surface area (Å²) in [6.07, 6.45) is 7.43. The van der Waals surface area contributed by atoms with Crippen molar-refractivity contribution in [1.29, 1.82) is 0 Å². The quantitative estimate of drug-likeness (QED) is 0.763. The van der Waals surface area contributed by atoms with Crippen LogP contribution >= 0.6 is 0 Å². The van der Waals surface area contributed by atoms with Crippen molar-refractivity contribution in [2.75, 3.05) is 11.9 Å². The van der Waals surface area contributed by atoms with Crippen molar-refractivity contribution in [2.24, 2.45) is 5.92 Å². The lowest BCUT2D eigenvalue weighted by molar-refractivity contribution is 0.303. The molecule has 0 amide bonds. The summed E-state index contributed by atoms with van der Waals surface area (Å²) in [5, 5.41) is 3.33. The molecule has 2 nitrogen and oxygen atoms in total. The van der Waals surface area contributed by atoms with Gasteiger partial charge < -0.3 is 5.32 Å². The normalized spacial score (nSPS) is 16.6. The summed E-state index contributed by atoms with van der Waals surface area (Å²) < 4.78 is 0. The van der Waals surface area contributed by atoms with Crippen LogP contribution in [0.2, 0.25) is 0 Å². The largest absolute Gasteiger partial charge is 0.370 e. The average molecular weight is 176 g/mol. The monoisotopic (exact) mass is 176 g/mol. The molecule has 1 N–H and O–H groups in total. The van der Waals surface area contributed by atoms with Crippen LogP contribution < -0.4 is 5.32 Å². The fourth-order valence-electron chi connectivity index (χ4n) is 1.65. The molecule has 0 aliphatic heterocycles. The van der Waals surface area contributed by atoms with Crippen LogP contribution in [-0.4, -0.2) is 11.5 Å². The van der Waals surface area contributed by atoms with Crippen LogP contribution in [0.1, 0.15) is 25.7 Å². The Morgan fingerprint density at radius 2 is 2.31 bits per heavy atom. The van der Waals surface area contributed by atoms with Crippen molar-refractivity contribution in [3.8, 4) is 0 Å². The molecule has 1 aromatic heterocycles. The zero-order valence-corrected chi connectivity index (χ0v) is 7.87. The van der Waals surface area contributed by atoms with E-state index in [1.807, 2.05) is 24.4 Å². The topological polar surface area (TPSA) is 24.9 Å². The van der Waals surface area contributed by atoms with Gasteiger partial charge in [0.25, 0.3) is 0 Å². The van der Waals surface area contributed by atoms with E-state index in [4.69, 9.17) is 0 Å². The van der Waals surface area contributed by atoms with E-state index in [0.29, 0.717) is 0 Å². The summed E-state index contributed by atoms with van der Waals surface area (Å²) in [6, 6.07) is 5.97. The number of hydrogen-bond donors (Lipinski definition) is 1. The maximum absolute atomic E-state index is 4.21. The van der Waals surface area contributed by atoms with Gasteiger partial charge in [0.2, 0.25) is 0 Å². The van der Waals surface area contributed by atoms with Crippen molar-refractivity contribution in [1.82, 2.24) is 4.98 Å². The van der Waals surface area contributed by atoms with Gasteiger partial charge in [0.15, 0.2) is 0 Å². The van der Waals surface area contributed by atoms with Gasteiger partial charge in [-0.2, -0.15) is 0 Å². The van der Waals surface area contributed by atoms with Gasteiger partial charge in [-0.25, -0.2) is 4.98 Å². The van der Waals surface area contributed by atoms with Crippen molar-refractivity contribution < 1.29 is 0 Å². The molecule has 1 heterocycles. The molecule has 0 radical (unpaired) electrons. The number of rotatable bonds is 4. The highest BCUT2D eigenvalue weighted by molar-refractivity contribution is 5.32. The molecule has 2 rings (SSSR count). The third-order valence-electron chi connectivity index (χ3n) is 2.75. The van der Waals surface area contributed by atoms with E-state index >= 15 is 0 Å². The van der Waals surface area contributed by atoms with Gasteiger partial charge in [0.1, 0.15) is 5.82 Å². The molecule has 1 fully saturated rings. The zero-order valence-electron chi connectivity index (χ0n) is 7.87. The molecular weight excluding hydrogens is 160 g/mol. The smallest absolute Gasteiger partial charge is 0.125 e. The van der Waals surface area contributed by atoms with Gasteiger partial charge in [-0.15, -0.1) is 0 Å². The molecule has 1 saturated carbocycles. The highest BCUT2D eigenvalue weighted by Gasteiger charge is 2.16. The van der Waals surface area contributed by atoms with Gasteiger partial charge in [-0.1, -0.05) is 25.3 Å². The van der Waals surface area contributed by atoms with Gasteiger partial charge >= 0.3 is 0 Å². The number of aromatic nitrogens is 1. The predicted molar refractivity (Wildman–Crippen MR) is 54.7 cm³/mol. The first-order valence-electron chi connectivity index (χ1n) is 5.10. The highest BCUT2D eigenvalue weighted by atomic mass is 15.0. The first-order valence-corrected chi connectivity index (χ1v) is 5.10. The Balaban J connectivity index is 1.67. The van der Waals surface area contributed by atoms with Crippen LogP contribution in [0.4, 0.5) is 5.82 Å². The van der Waals surface area contributed by atoms with E-state index in [1.165, 1.54) is 25.7 Å². The van der Waals surface area contributed by atoms with E-state index in [2.05, 4.69) is 10.3 Å². The number of nitrogens with zero attached hydrogens (tertiary/aromatic N) is 1. The Morgan fingerprint density at radius 3 is 2.92 bits per heavy atom. The molecule has 1 aliphatic rings. The van der Waals surface area contributed by atoms with Crippen molar-refractivity contribution in [3.63, 3.8) is 0 Å². The van der Waals surface area contributed by atoms with Crippen LogP contribution in [0.15, 0.2) is 24.4 Å². The first kappa shape index (κ1) is 8.54. The molecule has 13 heavy (non-hydrogen) atoms. The van der Waals surface area contributed by atoms with E-state index in [-0.39, 0.29) is 0 Å². The lowest BCUT2D eigenvalue weighted by atomic mass is 9.83. The lowest BCUT2D eigenvalue weighted by Crippen LogP contribution is -2.15. The standard InChI is InChI=1S/C11H16N2/c1-2-8-12-11(6-1)13-9-7-10-4-3-5-10/h1-2,6,8,10H,3-5,7,9H2,(H,12,13). The molecule has 0 spiro atoms. The molecule has 1 aliphatic carbocycles. The van der Waals surface area contributed by atoms with E-state index in [1.54, 1.807) is 0 Å². The van der Waals surface area contributed by atoms with Crippen LogP contribution in [0.5, 0.6) is 0 Å². The molecule has 0 atom stereocenters. The van der Waals surface area contributed by atoms with Crippen molar-refractivity contribution in [3.05, 3.63) is 24.4 Å². The zero-order chi connectivity index (χ0) is 8.93. The highest BCUT2D eigenvalue weighted by Crippen LogP contribution is 2.28. The fraction of sp³-hybridized carbons (Fsp3) is 0.545. The molecule has 1 aromatic rings. The number of nitrogens with one attached hydrogen (secondary N) is 1. The van der Waals surface area contributed by atoms with Crippen LogP contribution in [-0.2, 0) is 0 Å². The van der Waals surface area contributed by atoms with E-state index in [0.717, 1.165) is 18.3 Å². The Labute approximate surface area is 79.4 Å². The van der Waals surface area contributed by atoms with Crippen molar-refractivity contribution in [2.45, 2.75) is 25.7 Å². The van der Waals surface area contributed by atoms with Crippen molar-refractivity contribution >= 4 is 5.82 Å². The minimum absolute atomic E-state index is 0.983. The maximum atomic E-state index is 4.21.